The van der Waals surface area contributed by atoms with Crippen LogP contribution in [0.1, 0.15) is 32.1 Å². The number of benzene rings is 1. The first-order valence-electron chi connectivity index (χ1n) is 10.6. The van der Waals surface area contributed by atoms with Crippen LogP contribution in [0.25, 0.3) is 0 Å². The highest BCUT2D eigenvalue weighted by molar-refractivity contribution is 7.57. The van der Waals surface area contributed by atoms with Crippen LogP contribution in [0.5, 0.6) is 5.75 Å². The SMILES string of the molecule is CP(=O)(O)CCC/C=C\C[C@@H]1[C@@H](/C=C/[C@@H](O)CCOc2ccccc2)[C@H](O)C[C@@H]1O. The third kappa shape index (κ3) is 9.15. The van der Waals surface area contributed by atoms with E-state index < -0.39 is 25.7 Å². The zero-order valence-electron chi connectivity index (χ0n) is 17.6. The molecule has 1 fully saturated rings. The van der Waals surface area contributed by atoms with Gasteiger partial charge in [-0.2, -0.15) is 0 Å². The van der Waals surface area contributed by atoms with Crippen molar-refractivity contribution >= 4 is 7.37 Å². The Bertz CT molecular complexity index is 714. The Hall–Kier alpha value is -1.43. The molecule has 4 N–H and O–H groups in total. The van der Waals surface area contributed by atoms with Crippen molar-refractivity contribution in [1.82, 2.24) is 0 Å². The van der Waals surface area contributed by atoms with Gasteiger partial charge in [0.15, 0.2) is 7.37 Å². The quantitative estimate of drug-likeness (QED) is 0.227. The van der Waals surface area contributed by atoms with E-state index in [0.29, 0.717) is 44.9 Å². The van der Waals surface area contributed by atoms with E-state index in [9.17, 15) is 24.8 Å². The van der Waals surface area contributed by atoms with Crippen molar-refractivity contribution in [3.05, 3.63) is 54.6 Å². The maximum atomic E-state index is 11.3. The largest absolute Gasteiger partial charge is 0.493 e. The van der Waals surface area contributed by atoms with Gasteiger partial charge in [0.25, 0.3) is 0 Å². The van der Waals surface area contributed by atoms with Gasteiger partial charge in [-0.3, -0.25) is 4.57 Å². The number of aliphatic hydroxyl groups excluding tert-OH is 3. The summed E-state index contributed by atoms with van der Waals surface area (Å²) in [7, 11) is -2.96. The molecule has 6 nitrogen and oxygen atoms in total. The Morgan fingerprint density at radius 1 is 1.20 bits per heavy atom. The van der Waals surface area contributed by atoms with Crippen molar-refractivity contribution in [3.8, 4) is 5.75 Å². The van der Waals surface area contributed by atoms with E-state index >= 15 is 0 Å². The first-order chi connectivity index (χ1) is 14.3. The number of allylic oxidation sites excluding steroid dienone is 2. The standard InChI is InChI=1S/C23H35O6P/c1-30(27,28)16-8-3-2-7-11-20-21(23(26)17-22(20)25)13-12-18(24)14-15-29-19-9-5-4-6-10-19/h2,4-7,9-10,12-13,18,20-26H,3,8,11,14-17H2,1H3,(H,27,28)/b7-2-,13-12+/t18-,20-,21-,22+,23-/m1/s1. The lowest BCUT2D eigenvalue weighted by molar-refractivity contribution is 0.120. The molecule has 1 aromatic carbocycles. The maximum Gasteiger partial charge on any atom is 0.197 e. The number of para-hydroxylation sites is 1. The van der Waals surface area contributed by atoms with Gasteiger partial charge in [-0.15, -0.1) is 0 Å². The van der Waals surface area contributed by atoms with Crippen molar-refractivity contribution in [3.63, 3.8) is 0 Å². The molecule has 168 valence electrons. The minimum absolute atomic E-state index is 0.115. The summed E-state index contributed by atoms with van der Waals surface area (Å²) in [5.41, 5.74) is 0. The van der Waals surface area contributed by atoms with Crippen molar-refractivity contribution < 1.29 is 29.5 Å². The Morgan fingerprint density at radius 3 is 2.63 bits per heavy atom. The number of aliphatic hydroxyl groups is 3. The first-order valence-corrected chi connectivity index (χ1v) is 12.9. The van der Waals surface area contributed by atoms with Crippen molar-refractivity contribution in [1.29, 1.82) is 0 Å². The summed E-state index contributed by atoms with van der Waals surface area (Å²) in [6, 6.07) is 9.42. The Morgan fingerprint density at radius 2 is 1.93 bits per heavy atom. The molecule has 1 aromatic rings. The predicted molar refractivity (Wildman–Crippen MR) is 119 cm³/mol. The van der Waals surface area contributed by atoms with E-state index in [0.717, 1.165) is 5.75 Å². The number of hydrogen-bond acceptors (Lipinski definition) is 5. The Balaban J connectivity index is 1.77. The fourth-order valence-corrected chi connectivity index (χ4v) is 4.52. The lowest BCUT2D eigenvalue weighted by Gasteiger charge is -2.19. The minimum Gasteiger partial charge on any atom is -0.493 e. The second-order valence-corrected chi connectivity index (χ2v) is 10.7. The lowest BCUT2D eigenvalue weighted by Crippen LogP contribution is -2.20. The number of unbranched alkanes of at least 4 members (excludes halogenated alkanes) is 1. The highest BCUT2D eigenvalue weighted by Gasteiger charge is 2.39. The maximum absolute atomic E-state index is 11.3. The van der Waals surface area contributed by atoms with Crippen LogP contribution in [0.15, 0.2) is 54.6 Å². The van der Waals surface area contributed by atoms with Gasteiger partial charge in [0.1, 0.15) is 5.75 Å². The molecule has 1 aliphatic rings. The average Bonchev–Trinajstić information content (AvgIpc) is 2.95. The molecular weight excluding hydrogens is 403 g/mol. The van der Waals surface area contributed by atoms with Gasteiger partial charge in [0.2, 0.25) is 0 Å². The minimum atomic E-state index is -2.96. The van der Waals surface area contributed by atoms with Crippen LogP contribution >= 0.6 is 7.37 Å². The lowest BCUT2D eigenvalue weighted by atomic mass is 9.89. The van der Waals surface area contributed by atoms with E-state index in [4.69, 9.17) is 4.74 Å². The summed E-state index contributed by atoms with van der Waals surface area (Å²) in [6.45, 7) is 1.75. The second-order valence-electron chi connectivity index (χ2n) is 8.14. The fourth-order valence-electron chi connectivity index (χ4n) is 3.75. The smallest absolute Gasteiger partial charge is 0.197 e. The fraction of sp³-hybridized carbons (Fsp3) is 0.565. The zero-order valence-corrected chi connectivity index (χ0v) is 18.5. The zero-order chi connectivity index (χ0) is 22.0. The molecule has 0 aliphatic heterocycles. The van der Waals surface area contributed by atoms with Gasteiger partial charge in [0, 0.05) is 31.6 Å². The molecule has 0 amide bonds. The molecule has 1 aliphatic carbocycles. The summed E-state index contributed by atoms with van der Waals surface area (Å²) in [6.07, 6.45) is 8.55. The molecule has 7 heteroatoms. The van der Waals surface area contributed by atoms with E-state index in [2.05, 4.69) is 0 Å². The molecule has 6 atom stereocenters. The molecule has 0 radical (unpaired) electrons. The molecular formula is C23H35O6P. The molecule has 30 heavy (non-hydrogen) atoms. The highest BCUT2D eigenvalue weighted by atomic mass is 31.2. The molecule has 0 heterocycles. The van der Waals surface area contributed by atoms with Gasteiger partial charge in [-0.25, -0.2) is 0 Å². The van der Waals surface area contributed by atoms with Crippen LogP contribution in [-0.2, 0) is 4.57 Å². The van der Waals surface area contributed by atoms with Crippen LogP contribution in [0.3, 0.4) is 0 Å². The van der Waals surface area contributed by atoms with Gasteiger partial charge >= 0.3 is 0 Å². The first kappa shape index (κ1) is 24.8. The molecule has 0 spiro atoms. The molecule has 0 saturated heterocycles. The molecule has 0 aromatic heterocycles. The summed E-state index contributed by atoms with van der Waals surface area (Å²) < 4.78 is 16.9. The highest BCUT2D eigenvalue weighted by Crippen LogP contribution is 2.37. The summed E-state index contributed by atoms with van der Waals surface area (Å²) in [5, 5.41) is 30.8. The predicted octanol–water partition coefficient (Wildman–Crippen LogP) is 3.36. The van der Waals surface area contributed by atoms with Crippen molar-refractivity contribution in [2.75, 3.05) is 19.4 Å². The van der Waals surface area contributed by atoms with E-state index in [-0.39, 0.29) is 11.8 Å². The van der Waals surface area contributed by atoms with E-state index in [1.807, 2.05) is 48.6 Å². The van der Waals surface area contributed by atoms with Gasteiger partial charge < -0.3 is 24.9 Å². The topological polar surface area (TPSA) is 107 Å². The van der Waals surface area contributed by atoms with Crippen LogP contribution in [0.2, 0.25) is 0 Å². The average molecular weight is 439 g/mol. The van der Waals surface area contributed by atoms with Crippen LogP contribution < -0.4 is 4.74 Å². The third-order valence-electron chi connectivity index (χ3n) is 5.42. The summed E-state index contributed by atoms with van der Waals surface area (Å²) >= 11 is 0. The second kappa shape index (κ2) is 12.4. The number of rotatable bonds is 12. The van der Waals surface area contributed by atoms with E-state index in [1.165, 1.54) is 6.66 Å². The third-order valence-corrected chi connectivity index (χ3v) is 6.56. The molecule has 1 saturated carbocycles. The number of hydrogen-bond donors (Lipinski definition) is 4. The van der Waals surface area contributed by atoms with E-state index in [1.54, 1.807) is 6.08 Å². The Kier molecular flexibility index (Phi) is 10.3. The molecule has 2 rings (SSSR count). The van der Waals surface area contributed by atoms with Gasteiger partial charge in [-0.1, -0.05) is 42.5 Å². The summed E-state index contributed by atoms with van der Waals surface area (Å²) in [5.74, 6) is 0.425. The van der Waals surface area contributed by atoms with Crippen LogP contribution in [0, 0.1) is 11.8 Å². The normalized spacial score (nSPS) is 27.5. The number of ether oxygens (including phenoxy) is 1. The van der Waals surface area contributed by atoms with Gasteiger partial charge in [0.05, 0.1) is 24.9 Å². The molecule has 0 bridgehead atoms. The monoisotopic (exact) mass is 438 g/mol. The van der Waals surface area contributed by atoms with Crippen LogP contribution in [-0.4, -0.2) is 58.0 Å². The Labute approximate surface area is 179 Å². The van der Waals surface area contributed by atoms with Crippen molar-refractivity contribution in [2.45, 2.75) is 50.4 Å². The van der Waals surface area contributed by atoms with Gasteiger partial charge in [-0.05, 0) is 37.3 Å². The van der Waals surface area contributed by atoms with Crippen LogP contribution in [0.4, 0.5) is 0 Å². The summed E-state index contributed by atoms with van der Waals surface area (Å²) in [4.78, 5) is 9.30. The van der Waals surface area contributed by atoms with Crippen molar-refractivity contribution in [2.24, 2.45) is 11.8 Å². The molecule has 1 unspecified atom stereocenters.